The van der Waals surface area contributed by atoms with Crippen LogP contribution in [0.25, 0.3) is 0 Å². The maximum atomic E-state index is 10.1. The van der Waals surface area contributed by atoms with E-state index in [-0.39, 0.29) is 0 Å². The Kier molecular flexibility index (Phi) is 3.46. The second-order valence-corrected chi connectivity index (χ2v) is 1.94. The minimum absolute atomic E-state index is 0.499. The van der Waals surface area contributed by atoms with Crippen molar-refractivity contribution < 1.29 is 14.3 Å². The van der Waals surface area contributed by atoms with Crippen molar-refractivity contribution in [3.63, 3.8) is 0 Å². The van der Waals surface area contributed by atoms with Gasteiger partial charge in [-0.2, -0.15) is 0 Å². The zero-order valence-electron chi connectivity index (χ0n) is 5.05. The van der Waals surface area contributed by atoms with E-state index >= 15 is 0 Å². The molecule has 0 saturated heterocycles. The van der Waals surface area contributed by atoms with Gasteiger partial charge in [0.25, 0.3) is 0 Å². The quantitative estimate of drug-likeness (QED) is 0.511. The zero-order chi connectivity index (χ0) is 6.57. The summed E-state index contributed by atoms with van der Waals surface area (Å²) in [6, 6.07) is 0. The fourth-order valence-electron chi connectivity index (χ4n) is 0.442. The summed E-state index contributed by atoms with van der Waals surface area (Å²) in [4.78, 5) is 10.1. The highest BCUT2D eigenvalue weighted by Gasteiger charge is 2.10. The van der Waals surface area contributed by atoms with Crippen LogP contribution >= 0.6 is 0 Å². The molecule has 0 fully saturated rings. The molecule has 4 heteroatoms. The maximum absolute atomic E-state index is 10.1. The van der Waals surface area contributed by atoms with Crippen molar-refractivity contribution >= 4 is 16.5 Å². The second-order valence-electron chi connectivity index (χ2n) is 1.47. The van der Waals surface area contributed by atoms with E-state index < -0.39 is 12.1 Å². The predicted octanol–water partition coefficient (Wildman–Crippen LogP) is -0.853. The summed E-state index contributed by atoms with van der Waals surface area (Å²) in [5.41, 5.74) is 0. The monoisotopic (exact) mass is 134 g/mol. The van der Waals surface area contributed by atoms with E-state index in [0.29, 0.717) is 16.9 Å². The summed E-state index contributed by atoms with van der Waals surface area (Å²) in [6.45, 7) is 1.79. The van der Waals surface area contributed by atoms with E-state index in [0.717, 1.165) is 0 Å². The molecule has 0 aromatic carbocycles. The molecule has 0 radical (unpaired) electrons. The molecule has 0 spiro atoms. The Morgan fingerprint density at radius 1 is 2.00 bits per heavy atom. The molecule has 0 bridgehead atoms. The molecule has 0 aliphatic rings. The van der Waals surface area contributed by atoms with Gasteiger partial charge in [-0.05, 0) is 6.42 Å². The lowest BCUT2D eigenvalue weighted by Gasteiger charge is -2.05. The molecule has 1 N–H and O–H groups in total. The van der Waals surface area contributed by atoms with Crippen LogP contribution in [0.2, 0.25) is 0 Å². The van der Waals surface area contributed by atoms with E-state index in [2.05, 4.69) is 0 Å². The summed E-state index contributed by atoms with van der Waals surface area (Å²) in [6.07, 6.45) is -0.0135. The average molecular weight is 134 g/mol. The van der Waals surface area contributed by atoms with Crippen molar-refractivity contribution in [1.29, 1.82) is 0 Å². The van der Waals surface area contributed by atoms with Gasteiger partial charge < -0.3 is 9.53 Å². The molecule has 0 amide bonds. The molecular weight excluding hydrogens is 124 g/mol. The number of hydrogen-bond acceptors (Lipinski definition) is 2. The van der Waals surface area contributed by atoms with Crippen LogP contribution in [-0.4, -0.2) is 27.7 Å². The summed E-state index contributed by atoms with van der Waals surface area (Å²) in [5.74, 6) is -0.859. The highest BCUT2D eigenvalue weighted by molar-refractivity contribution is 5.99. The molecule has 0 aliphatic heterocycles. The van der Waals surface area contributed by atoms with Crippen LogP contribution in [0.15, 0.2) is 0 Å². The molecule has 0 aliphatic carbocycles. The van der Waals surface area contributed by atoms with Crippen molar-refractivity contribution in [3.05, 3.63) is 0 Å². The van der Waals surface area contributed by atoms with Gasteiger partial charge in [-0.15, -0.1) is 0 Å². The third-order valence-corrected chi connectivity index (χ3v) is 1.50. The molecule has 0 saturated carbocycles. The van der Waals surface area contributed by atoms with Gasteiger partial charge in [-0.3, -0.25) is 0 Å². The third-order valence-electron chi connectivity index (χ3n) is 0.931. The summed E-state index contributed by atoms with van der Waals surface area (Å²) in [7, 11) is 0.499. The normalized spacial score (nSPS) is 13.6. The lowest BCUT2D eigenvalue weighted by Crippen LogP contribution is -2.21. The maximum Gasteiger partial charge on any atom is 0.331 e. The largest absolute Gasteiger partial charge is 0.479 e. The van der Waals surface area contributed by atoms with Gasteiger partial charge >= 0.3 is 5.97 Å². The van der Waals surface area contributed by atoms with Crippen LogP contribution in [0, 0.1) is 0 Å². The molecule has 3 nitrogen and oxygen atoms in total. The van der Waals surface area contributed by atoms with Gasteiger partial charge in [-0.25, -0.2) is 4.79 Å². The number of carboxylic acid groups (broad SMARTS) is 1. The smallest absolute Gasteiger partial charge is 0.331 e. The van der Waals surface area contributed by atoms with Gasteiger partial charge in [0.2, 0.25) is 0 Å². The minimum atomic E-state index is -0.859. The molecule has 8 heavy (non-hydrogen) atoms. The lowest BCUT2D eigenvalue weighted by molar-refractivity contribution is -0.145. The van der Waals surface area contributed by atoms with E-state index in [1.54, 1.807) is 6.92 Å². The highest BCUT2D eigenvalue weighted by atomic mass is 28.2. The fourth-order valence-corrected chi connectivity index (χ4v) is 0.977. The van der Waals surface area contributed by atoms with Gasteiger partial charge in [0, 0.05) is 0 Å². The Morgan fingerprint density at radius 3 is 2.50 bits per heavy atom. The average Bonchev–Trinajstić information content (AvgIpc) is 1.69. The van der Waals surface area contributed by atoms with E-state index in [1.165, 1.54) is 0 Å². The first-order valence-electron chi connectivity index (χ1n) is 2.48. The van der Waals surface area contributed by atoms with Crippen LogP contribution in [0.4, 0.5) is 0 Å². The SMILES string of the molecule is CCC(O[SiH3])C(=O)O. The number of aliphatic carboxylic acids is 1. The van der Waals surface area contributed by atoms with Crippen LogP contribution < -0.4 is 0 Å². The number of hydrogen-bond donors (Lipinski definition) is 1. The van der Waals surface area contributed by atoms with Crippen molar-refractivity contribution in [2.45, 2.75) is 19.4 Å². The summed E-state index contributed by atoms with van der Waals surface area (Å²) < 4.78 is 4.70. The third kappa shape index (κ3) is 2.09. The first kappa shape index (κ1) is 7.65. The van der Waals surface area contributed by atoms with Gasteiger partial charge in [0.05, 0.1) is 0 Å². The number of rotatable bonds is 3. The summed E-state index contributed by atoms with van der Waals surface area (Å²) in [5, 5.41) is 8.27. The Balaban J connectivity index is 3.52. The molecular formula is C4H10O3Si. The van der Waals surface area contributed by atoms with Gasteiger partial charge in [-0.1, -0.05) is 6.92 Å². The first-order chi connectivity index (χ1) is 3.72. The Hall–Kier alpha value is -0.353. The van der Waals surface area contributed by atoms with Gasteiger partial charge in [0.15, 0.2) is 0 Å². The van der Waals surface area contributed by atoms with Crippen molar-refractivity contribution in [3.8, 4) is 0 Å². The topological polar surface area (TPSA) is 46.5 Å². The Labute approximate surface area is 51.2 Å². The Morgan fingerprint density at radius 2 is 2.50 bits per heavy atom. The first-order valence-corrected chi connectivity index (χ1v) is 3.29. The van der Waals surface area contributed by atoms with Crippen LogP contribution in [0.1, 0.15) is 13.3 Å². The molecule has 0 heterocycles. The summed E-state index contributed by atoms with van der Waals surface area (Å²) >= 11 is 0. The van der Waals surface area contributed by atoms with Crippen molar-refractivity contribution in [1.82, 2.24) is 0 Å². The molecule has 0 aromatic heterocycles. The van der Waals surface area contributed by atoms with Gasteiger partial charge in [0.1, 0.15) is 16.6 Å². The molecule has 1 unspecified atom stereocenters. The van der Waals surface area contributed by atoms with Crippen molar-refractivity contribution in [2.75, 3.05) is 0 Å². The van der Waals surface area contributed by atoms with E-state index in [9.17, 15) is 4.79 Å². The standard InChI is InChI=1S/C4H10O3Si/c1-2-3(7-8)4(5)6/h3H,2H2,1,8H3,(H,5,6). The lowest BCUT2D eigenvalue weighted by atomic mass is 10.3. The molecule has 0 aromatic rings. The minimum Gasteiger partial charge on any atom is -0.479 e. The molecule has 48 valence electrons. The Bertz CT molecular complexity index is 79.4. The molecule has 0 rings (SSSR count). The predicted molar refractivity (Wildman–Crippen MR) is 32.7 cm³/mol. The van der Waals surface area contributed by atoms with Crippen LogP contribution in [0.5, 0.6) is 0 Å². The van der Waals surface area contributed by atoms with E-state index in [1.807, 2.05) is 0 Å². The zero-order valence-corrected chi connectivity index (χ0v) is 7.05. The highest BCUT2D eigenvalue weighted by Crippen LogP contribution is 1.93. The van der Waals surface area contributed by atoms with Crippen molar-refractivity contribution in [2.24, 2.45) is 0 Å². The van der Waals surface area contributed by atoms with E-state index in [4.69, 9.17) is 9.53 Å². The van der Waals surface area contributed by atoms with Crippen LogP contribution in [-0.2, 0) is 9.22 Å². The number of carbonyl (C=O) groups is 1. The fraction of sp³-hybridized carbons (Fsp3) is 0.750. The second kappa shape index (κ2) is 3.62. The molecule has 1 atom stereocenters. The number of carboxylic acids is 1. The van der Waals surface area contributed by atoms with Crippen LogP contribution in [0.3, 0.4) is 0 Å².